The molecule has 0 amide bonds. The average molecular weight is 749 g/mol. The molecule has 0 radical (unpaired) electrons. The molecule has 52 heavy (non-hydrogen) atoms. The summed E-state index contributed by atoms with van der Waals surface area (Å²) in [6.07, 6.45) is 49.1. The van der Waals surface area contributed by atoms with Crippen LogP contribution in [0.2, 0.25) is 0 Å². The van der Waals surface area contributed by atoms with Crippen LogP contribution in [-0.2, 0) is 28.2 Å². The zero-order valence-corrected chi connectivity index (χ0v) is 33.6. The summed E-state index contributed by atoms with van der Waals surface area (Å²) in [5.74, 6) is -0.963. The topological polar surface area (TPSA) is 119 Å². The second kappa shape index (κ2) is 38.2. The molecule has 1 atom stereocenters. The summed E-state index contributed by atoms with van der Waals surface area (Å²) in [4.78, 5) is 42.8. The number of ether oxygens (including phenoxy) is 2. The van der Waals surface area contributed by atoms with E-state index >= 15 is 0 Å². The third-order valence-corrected chi connectivity index (χ3v) is 8.69. The van der Waals surface area contributed by atoms with Crippen LogP contribution in [0, 0.1) is 0 Å². The molecule has 9 heteroatoms. The van der Waals surface area contributed by atoms with Crippen molar-refractivity contribution in [3.8, 4) is 0 Å². The van der Waals surface area contributed by atoms with E-state index in [1.807, 2.05) is 12.2 Å². The van der Waals surface area contributed by atoms with Crippen molar-refractivity contribution in [2.24, 2.45) is 0 Å². The van der Waals surface area contributed by atoms with Crippen LogP contribution in [0.15, 0.2) is 72.9 Å². The highest BCUT2D eigenvalue weighted by molar-refractivity contribution is 7.46. The predicted molar refractivity (Wildman–Crippen MR) is 216 cm³/mol. The summed E-state index contributed by atoms with van der Waals surface area (Å²) < 4.78 is 26.3. The zero-order valence-electron chi connectivity index (χ0n) is 32.7. The Bertz CT molecular complexity index is 1070. The Kier molecular flexibility index (Phi) is 36.4. The maximum Gasteiger partial charge on any atom is 0.469 e. The number of carbonyl (C=O) groups excluding carboxylic acids is 2. The molecular formula is C43H73O8P. The molecule has 0 heterocycles. The van der Waals surface area contributed by atoms with Crippen LogP contribution in [0.4, 0.5) is 0 Å². The third-order valence-electron chi connectivity index (χ3n) is 8.21. The molecule has 0 saturated carbocycles. The number of carbonyl (C=O) groups is 2. The van der Waals surface area contributed by atoms with Crippen LogP contribution in [0.5, 0.6) is 0 Å². The molecule has 0 bridgehead atoms. The third kappa shape index (κ3) is 40.3. The Morgan fingerprint density at radius 1 is 0.519 bits per heavy atom. The standard InChI is InChI=1S/C43H73O8P/c1-3-5-7-9-11-13-15-17-19-21-23-25-27-29-31-33-35-37-42(44)49-39-41(40-50-52(46,47)48)51-43(45)38-36-34-32-30-28-26-24-22-20-18-16-14-12-10-8-6-4-2/h6,8,12,14,17-20,24,26,30,32,41H,3-5,7,9-11,13,15-16,21-23,25,27-29,31,33-40H2,1-2H3,(H2,46,47,48)/b8-6-,14-12-,19-17-,20-18-,26-24-,32-30-. The lowest BCUT2D eigenvalue weighted by molar-refractivity contribution is -0.161. The van der Waals surface area contributed by atoms with E-state index in [1.165, 1.54) is 64.2 Å². The van der Waals surface area contributed by atoms with Gasteiger partial charge in [-0.05, 0) is 77.0 Å². The van der Waals surface area contributed by atoms with Gasteiger partial charge in [0.1, 0.15) is 6.61 Å². The van der Waals surface area contributed by atoms with E-state index in [-0.39, 0.29) is 19.4 Å². The van der Waals surface area contributed by atoms with Crippen molar-refractivity contribution in [3.63, 3.8) is 0 Å². The largest absolute Gasteiger partial charge is 0.469 e. The van der Waals surface area contributed by atoms with Crippen molar-refractivity contribution in [2.75, 3.05) is 13.2 Å². The van der Waals surface area contributed by atoms with E-state index in [0.717, 1.165) is 57.8 Å². The van der Waals surface area contributed by atoms with E-state index in [4.69, 9.17) is 19.3 Å². The number of hydrogen-bond donors (Lipinski definition) is 2. The van der Waals surface area contributed by atoms with Gasteiger partial charge in [0.15, 0.2) is 6.10 Å². The Balaban J connectivity index is 4.05. The van der Waals surface area contributed by atoms with Crippen molar-refractivity contribution in [1.82, 2.24) is 0 Å². The zero-order chi connectivity index (χ0) is 38.2. The summed E-state index contributed by atoms with van der Waals surface area (Å²) >= 11 is 0. The number of phosphoric acid groups is 1. The van der Waals surface area contributed by atoms with Gasteiger partial charge in [-0.3, -0.25) is 14.1 Å². The van der Waals surface area contributed by atoms with Crippen molar-refractivity contribution in [2.45, 2.75) is 174 Å². The van der Waals surface area contributed by atoms with E-state index in [0.29, 0.717) is 19.3 Å². The molecule has 0 rings (SSSR count). The molecule has 1 unspecified atom stereocenters. The van der Waals surface area contributed by atoms with Crippen LogP contribution in [0.1, 0.15) is 168 Å². The smallest absolute Gasteiger partial charge is 0.462 e. The van der Waals surface area contributed by atoms with E-state index in [2.05, 4.69) is 79.1 Å². The lowest BCUT2D eigenvalue weighted by Gasteiger charge is -2.18. The maximum atomic E-state index is 12.4. The summed E-state index contributed by atoms with van der Waals surface area (Å²) in [6.45, 7) is 3.51. The second-order valence-electron chi connectivity index (χ2n) is 13.2. The Labute approximate surface area is 317 Å². The van der Waals surface area contributed by atoms with E-state index in [9.17, 15) is 14.2 Å². The molecule has 0 aliphatic carbocycles. The minimum atomic E-state index is -4.77. The molecule has 0 fully saturated rings. The fourth-order valence-electron chi connectivity index (χ4n) is 5.23. The van der Waals surface area contributed by atoms with Gasteiger partial charge in [0.25, 0.3) is 0 Å². The quantitative estimate of drug-likeness (QED) is 0.0281. The van der Waals surface area contributed by atoms with Crippen LogP contribution < -0.4 is 0 Å². The number of phosphoric ester groups is 1. The average Bonchev–Trinajstić information content (AvgIpc) is 3.11. The van der Waals surface area contributed by atoms with Gasteiger partial charge >= 0.3 is 19.8 Å². The van der Waals surface area contributed by atoms with Gasteiger partial charge in [0.2, 0.25) is 0 Å². The molecule has 0 aromatic heterocycles. The highest BCUT2D eigenvalue weighted by Gasteiger charge is 2.22. The van der Waals surface area contributed by atoms with Gasteiger partial charge in [-0.15, -0.1) is 0 Å². The number of esters is 2. The normalized spacial score (nSPS) is 13.2. The van der Waals surface area contributed by atoms with Gasteiger partial charge in [0.05, 0.1) is 6.61 Å². The molecular weight excluding hydrogens is 675 g/mol. The van der Waals surface area contributed by atoms with Gasteiger partial charge in [-0.1, -0.05) is 151 Å². The van der Waals surface area contributed by atoms with Crippen LogP contribution in [0.3, 0.4) is 0 Å². The van der Waals surface area contributed by atoms with E-state index < -0.39 is 32.5 Å². The van der Waals surface area contributed by atoms with Crippen molar-refractivity contribution < 1.29 is 37.9 Å². The summed E-state index contributed by atoms with van der Waals surface area (Å²) in [6, 6.07) is 0. The Morgan fingerprint density at radius 2 is 0.942 bits per heavy atom. The molecule has 0 aromatic rings. The monoisotopic (exact) mass is 749 g/mol. The molecule has 0 aliphatic heterocycles. The van der Waals surface area contributed by atoms with Crippen molar-refractivity contribution in [1.29, 1.82) is 0 Å². The first kappa shape index (κ1) is 49.5. The number of unbranched alkanes of at least 4 members (excludes halogenated alkanes) is 14. The molecule has 2 N–H and O–H groups in total. The van der Waals surface area contributed by atoms with Gasteiger partial charge < -0.3 is 19.3 Å². The molecule has 0 spiro atoms. The maximum absolute atomic E-state index is 12.4. The molecule has 8 nitrogen and oxygen atoms in total. The first-order valence-corrected chi connectivity index (χ1v) is 21.8. The predicted octanol–water partition coefficient (Wildman–Crippen LogP) is 12.3. The number of allylic oxidation sites excluding steroid dienone is 12. The fraction of sp³-hybridized carbons (Fsp3) is 0.674. The molecule has 0 aliphatic rings. The van der Waals surface area contributed by atoms with Crippen LogP contribution >= 0.6 is 7.82 Å². The highest BCUT2D eigenvalue weighted by Crippen LogP contribution is 2.36. The van der Waals surface area contributed by atoms with Gasteiger partial charge in [-0.25, -0.2) is 4.57 Å². The summed E-state index contributed by atoms with van der Waals surface area (Å²) in [7, 11) is -4.77. The summed E-state index contributed by atoms with van der Waals surface area (Å²) in [5, 5.41) is 0. The number of hydrogen-bond acceptors (Lipinski definition) is 6. The first-order valence-electron chi connectivity index (χ1n) is 20.2. The second-order valence-corrected chi connectivity index (χ2v) is 14.5. The van der Waals surface area contributed by atoms with Crippen LogP contribution in [-0.4, -0.2) is 41.0 Å². The minimum absolute atomic E-state index is 0.130. The first-order chi connectivity index (χ1) is 25.3. The lowest BCUT2D eigenvalue weighted by atomic mass is 10.1. The Morgan fingerprint density at radius 3 is 1.46 bits per heavy atom. The fourth-order valence-corrected chi connectivity index (χ4v) is 5.59. The Hall–Kier alpha value is -2.51. The van der Waals surface area contributed by atoms with Crippen molar-refractivity contribution >= 4 is 19.8 Å². The van der Waals surface area contributed by atoms with Gasteiger partial charge in [-0.2, -0.15) is 0 Å². The summed E-state index contributed by atoms with van der Waals surface area (Å²) in [5.41, 5.74) is 0. The molecule has 298 valence electrons. The van der Waals surface area contributed by atoms with Gasteiger partial charge in [0, 0.05) is 12.8 Å². The molecule has 0 saturated heterocycles. The SMILES string of the molecule is CC/C=C\C/C=C\C/C=C\C/C=C\C/C=C\CCCC(=O)OC(COC(=O)CCCCCCCCC/C=C\CCCCCCCC)COP(=O)(O)O. The van der Waals surface area contributed by atoms with Crippen LogP contribution in [0.25, 0.3) is 0 Å². The number of rotatable bonds is 36. The lowest BCUT2D eigenvalue weighted by Crippen LogP contribution is -2.29. The van der Waals surface area contributed by atoms with E-state index in [1.54, 1.807) is 0 Å². The highest BCUT2D eigenvalue weighted by atomic mass is 31.2. The van der Waals surface area contributed by atoms with Crippen molar-refractivity contribution in [3.05, 3.63) is 72.9 Å². The minimum Gasteiger partial charge on any atom is -0.462 e. The molecule has 0 aromatic carbocycles.